The molecule has 80 valence electrons. The number of aliphatic carboxylic acids is 1. The fourth-order valence-electron chi connectivity index (χ4n) is 0.995. The summed E-state index contributed by atoms with van der Waals surface area (Å²) in [7, 11) is 0. The maximum absolute atomic E-state index is 12.9. The molecule has 0 spiro atoms. The Labute approximate surface area is 82.7 Å². The number of halogens is 1. The molecular weight excluding hydrogens is 209 g/mol. The Kier molecular flexibility index (Phi) is 2.84. The van der Waals surface area contributed by atoms with Gasteiger partial charge in [-0.2, -0.15) is 0 Å². The van der Waals surface area contributed by atoms with Crippen LogP contribution in [-0.2, 0) is 4.79 Å². The van der Waals surface area contributed by atoms with Crippen LogP contribution in [0.1, 0.15) is 11.7 Å². The Bertz CT molecular complexity index is 419. The molecule has 0 bridgehead atoms. The summed E-state index contributed by atoms with van der Waals surface area (Å²) in [6, 6.07) is 2.51. The predicted octanol–water partition coefficient (Wildman–Crippen LogP) is 1.40. The van der Waals surface area contributed by atoms with Crippen molar-refractivity contribution in [2.24, 2.45) is 0 Å². The van der Waals surface area contributed by atoms with E-state index in [1.807, 2.05) is 0 Å². The predicted molar refractivity (Wildman–Crippen MR) is 46.2 cm³/mol. The first kappa shape index (κ1) is 10.9. The van der Waals surface area contributed by atoms with Crippen molar-refractivity contribution in [3.8, 4) is 5.75 Å². The van der Waals surface area contributed by atoms with Crippen molar-refractivity contribution in [1.82, 2.24) is 0 Å². The first-order valence-corrected chi connectivity index (χ1v) is 3.77. The number of hydrogen-bond donors (Lipinski definition) is 2. The molecule has 15 heavy (non-hydrogen) atoms. The van der Waals surface area contributed by atoms with Gasteiger partial charge in [-0.15, -0.1) is 0 Å². The minimum absolute atomic E-state index is 0.342. The number of aromatic hydroxyl groups is 1. The second-order valence-electron chi connectivity index (χ2n) is 2.71. The van der Waals surface area contributed by atoms with Gasteiger partial charge >= 0.3 is 11.7 Å². The van der Waals surface area contributed by atoms with Crippen LogP contribution in [0.5, 0.6) is 5.75 Å². The minimum atomic E-state index is -2.31. The highest BCUT2D eigenvalue weighted by molar-refractivity contribution is 5.74. The molecule has 0 fully saturated rings. The molecule has 6 nitrogen and oxygen atoms in total. The van der Waals surface area contributed by atoms with Crippen molar-refractivity contribution < 1.29 is 24.3 Å². The number of rotatable bonds is 3. The van der Waals surface area contributed by atoms with Crippen LogP contribution in [0.25, 0.3) is 0 Å². The summed E-state index contributed by atoms with van der Waals surface area (Å²) in [6.45, 7) is 0. The number of carboxylic acid groups (broad SMARTS) is 1. The largest absolute Gasteiger partial charge is 0.502 e. The SMILES string of the molecule is O=C(O)C(F)c1ccc([N+](=O)[O-])c(O)c1. The average molecular weight is 215 g/mol. The zero-order chi connectivity index (χ0) is 11.6. The number of nitro groups is 1. The first-order valence-electron chi connectivity index (χ1n) is 3.77. The number of carboxylic acids is 1. The second kappa shape index (κ2) is 3.91. The van der Waals surface area contributed by atoms with E-state index in [4.69, 9.17) is 10.2 Å². The number of phenols is 1. The van der Waals surface area contributed by atoms with Crippen LogP contribution in [0.15, 0.2) is 18.2 Å². The normalized spacial score (nSPS) is 12.1. The van der Waals surface area contributed by atoms with Gasteiger partial charge in [-0.25, -0.2) is 9.18 Å². The lowest BCUT2D eigenvalue weighted by atomic mass is 10.1. The van der Waals surface area contributed by atoms with Gasteiger partial charge in [-0.1, -0.05) is 0 Å². The van der Waals surface area contributed by atoms with E-state index < -0.39 is 28.5 Å². The summed E-state index contributed by atoms with van der Waals surface area (Å²) < 4.78 is 12.9. The van der Waals surface area contributed by atoms with Gasteiger partial charge < -0.3 is 10.2 Å². The maximum Gasteiger partial charge on any atom is 0.343 e. The molecule has 0 radical (unpaired) electrons. The lowest BCUT2D eigenvalue weighted by Crippen LogP contribution is -2.05. The van der Waals surface area contributed by atoms with Crippen LogP contribution in [0, 0.1) is 10.1 Å². The standard InChI is InChI=1S/C8H6FNO5/c9-7(8(12)13)4-1-2-5(10(14)15)6(11)3-4/h1-3,7,11H,(H,12,13). The summed E-state index contributed by atoms with van der Waals surface area (Å²) in [5.74, 6) is -2.48. The van der Waals surface area contributed by atoms with E-state index in [2.05, 4.69) is 0 Å². The Morgan fingerprint density at radius 3 is 2.53 bits per heavy atom. The molecule has 1 aromatic carbocycles. The molecular formula is C8H6FNO5. The molecule has 1 unspecified atom stereocenters. The number of hydrogen-bond acceptors (Lipinski definition) is 4. The van der Waals surface area contributed by atoms with Gasteiger partial charge in [0.25, 0.3) is 0 Å². The van der Waals surface area contributed by atoms with Crippen LogP contribution < -0.4 is 0 Å². The van der Waals surface area contributed by atoms with Gasteiger partial charge in [0.15, 0.2) is 5.75 Å². The van der Waals surface area contributed by atoms with E-state index >= 15 is 0 Å². The van der Waals surface area contributed by atoms with Crippen LogP contribution in [0.2, 0.25) is 0 Å². The second-order valence-corrected chi connectivity index (χ2v) is 2.71. The fraction of sp³-hybridized carbons (Fsp3) is 0.125. The van der Waals surface area contributed by atoms with Gasteiger partial charge in [0, 0.05) is 11.6 Å². The van der Waals surface area contributed by atoms with Crippen LogP contribution in [-0.4, -0.2) is 21.1 Å². The lowest BCUT2D eigenvalue weighted by Gasteiger charge is -2.03. The molecule has 1 aromatic rings. The zero-order valence-corrected chi connectivity index (χ0v) is 7.25. The van der Waals surface area contributed by atoms with Gasteiger partial charge in [0.1, 0.15) is 0 Å². The molecule has 2 N–H and O–H groups in total. The lowest BCUT2D eigenvalue weighted by molar-refractivity contribution is -0.385. The highest BCUT2D eigenvalue weighted by Crippen LogP contribution is 2.29. The Morgan fingerprint density at radius 1 is 1.53 bits per heavy atom. The molecule has 0 aliphatic rings. The third-order valence-electron chi connectivity index (χ3n) is 1.71. The fourth-order valence-corrected chi connectivity index (χ4v) is 0.995. The van der Waals surface area contributed by atoms with Crippen molar-refractivity contribution in [3.05, 3.63) is 33.9 Å². The number of nitrogens with zero attached hydrogens (tertiary/aromatic N) is 1. The maximum atomic E-state index is 12.9. The zero-order valence-electron chi connectivity index (χ0n) is 7.25. The monoisotopic (exact) mass is 215 g/mol. The van der Waals surface area contributed by atoms with E-state index in [1.165, 1.54) is 0 Å². The molecule has 0 amide bonds. The summed E-state index contributed by atoms with van der Waals surface area (Å²) in [6.07, 6.45) is -2.31. The van der Waals surface area contributed by atoms with E-state index in [1.54, 1.807) is 0 Å². The van der Waals surface area contributed by atoms with E-state index in [0.717, 1.165) is 18.2 Å². The van der Waals surface area contributed by atoms with Crippen molar-refractivity contribution in [1.29, 1.82) is 0 Å². The number of nitro benzene ring substituents is 1. The third-order valence-corrected chi connectivity index (χ3v) is 1.71. The summed E-state index contributed by atoms with van der Waals surface area (Å²) in [5.41, 5.74) is -0.943. The van der Waals surface area contributed by atoms with Crippen LogP contribution >= 0.6 is 0 Å². The molecule has 0 heterocycles. The van der Waals surface area contributed by atoms with Crippen LogP contribution in [0.4, 0.5) is 10.1 Å². The van der Waals surface area contributed by atoms with Crippen molar-refractivity contribution in [3.63, 3.8) is 0 Å². The molecule has 0 saturated heterocycles. The topological polar surface area (TPSA) is 101 Å². The number of phenolic OH excluding ortho intramolecular Hbond substituents is 1. The molecule has 1 rings (SSSR count). The van der Waals surface area contributed by atoms with Gasteiger partial charge in [0.05, 0.1) is 4.92 Å². The highest BCUT2D eigenvalue weighted by atomic mass is 19.1. The van der Waals surface area contributed by atoms with Crippen LogP contribution in [0.3, 0.4) is 0 Å². The first-order chi connectivity index (χ1) is 6.93. The smallest absolute Gasteiger partial charge is 0.343 e. The van der Waals surface area contributed by atoms with E-state index in [9.17, 15) is 19.3 Å². The Hall–Kier alpha value is -2.18. The van der Waals surface area contributed by atoms with Gasteiger partial charge in [-0.05, 0) is 12.1 Å². The van der Waals surface area contributed by atoms with Crippen molar-refractivity contribution in [2.75, 3.05) is 0 Å². The van der Waals surface area contributed by atoms with Gasteiger partial charge in [-0.3, -0.25) is 10.1 Å². The quantitative estimate of drug-likeness (QED) is 0.586. The number of alkyl halides is 1. The number of benzene rings is 1. The number of carbonyl (C=O) groups is 1. The summed E-state index contributed by atoms with van der Waals surface area (Å²) in [4.78, 5) is 19.7. The van der Waals surface area contributed by atoms with E-state index in [0.29, 0.717) is 0 Å². The Morgan fingerprint density at radius 2 is 2.13 bits per heavy atom. The minimum Gasteiger partial charge on any atom is -0.502 e. The molecule has 1 atom stereocenters. The molecule has 0 saturated carbocycles. The molecule has 0 aliphatic heterocycles. The average Bonchev–Trinajstić information content (AvgIpc) is 2.15. The van der Waals surface area contributed by atoms with Gasteiger partial charge in [0.2, 0.25) is 6.17 Å². The molecule has 7 heteroatoms. The third kappa shape index (κ3) is 2.19. The van der Waals surface area contributed by atoms with Crippen molar-refractivity contribution in [2.45, 2.75) is 6.17 Å². The Balaban J connectivity index is 3.12. The van der Waals surface area contributed by atoms with E-state index in [-0.39, 0.29) is 5.56 Å². The highest BCUT2D eigenvalue weighted by Gasteiger charge is 2.22. The molecule has 0 aliphatic carbocycles. The summed E-state index contributed by atoms with van der Waals surface area (Å²) >= 11 is 0. The van der Waals surface area contributed by atoms with Crippen molar-refractivity contribution >= 4 is 11.7 Å². The summed E-state index contributed by atoms with van der Waals surface area (Å²) in [5, 5.41) is 27.7. The molecule has 0 aromatic heterocycles.